The zero-order valence-electron chi connectivity index (χ0n) is 11.4. The lowest BCUT2D eigenvalue weighted by molar-refractivity contribution is -0.140. The Balaban J connectivity index is 2.48. The van der Waals surface area contributed by atoms with Crippen molar-refractivity contribution in [1.82, 2.24) is 0 Å². The Morgan fingerprint density at radius 2 is 1.89 bits per heavy atom. The third-order valence-electron chi connectivity index (χ3n) is 3.58. The van der Waals surface area contributed by atoms with Crippen LogP contribution in [-0.4, -0.2) is 32.8 Å². The van der Waals surface area contributed by atoms with Gasteiger partial charge in [0.15, 0.2) is 0 Å². The van der Waals surface area contributed by atoms with Gasteiger partial charge in [-0.1, -0.05) is 0 Å². The highest BCUT2D eigenvalue weighted by atomic mass is 16.5. The fourth-order valence-corrected chi connectivity index (χ4v) is 2.74. The average molecular weight is 266 g/mol. The molecular formula is C14H18O5. The molecule has 2 aliphatic rings. The molecule has 1 fully saturated rings. The van der Waals surface area contributed by atoms with E-state index in [4.69, 9.17) is 14.2 Å². The van der Waals surface area contributed by atoms with Crippen molar-refractivity contribution in [3.05, 3.63) is 22.5 Å². The summed E-state index contributed by atoms with van der Waals surface area (Å²) in [5, 5.41) is 0. The first-order valence-electron chi connectivity index (χ1n) is 6.32. The largest absolute Gasteiger partial charge is 0.497 e. The predicted octanol–water partition coefficient (Wildman–Crippen LogP) is 1.73. The molecule has 1 heterocycles. The number of methoxy groups -OCH3 is 2. The van der Waals surface area contributed by atoms with E-state index in [2.05, 4.69) is 0 Å². The number of ether oxygens (including phenoxy) is 3. The number of rotatable bonds is 2. The van der Waals surface area contributed by atoms with Gasteiger partial charge in [-0.2, -0.15) is 0 Å². The molecule has 104 valence electrons. The lowest BCUT2D eigenvalue weighted by Crippen LogP contribution is -2.30. The Morgan fingerprint density at radius 3 is 2.53 bits per heavy atom. The van der Waals surface area contributed by atoms with E-state index >= 15 is 0 Å². The van der Waals surface area contributed by atoms with Gasteiger partial charge in [-0.15, -0.1) is 0 Å². The van der Waals surface area contributed by atoms with E-state index in [-0.39, 0.29) is 5.92 Å². The normalized spacial score (nSPS) is 22.6. The van der Waals surface area contributed by atoms with Crippen molar-refractivity contribution < 1.29 is 23.8 Å². The molecule has 19 heavy (non-hydrogen) atoms. The quantitative estimate of drug-likeness (QED) is 0.712. The molecular weight excluding hydrogens is 248 g/mol. The van der Waals surface area contributed by atoms with Gasteiger partial charge in [0.1, 0.15) is 5.76 Å². The van der Waals surface area contributed by atoms with Crippen LogP contribution < -0.4 is 0 Å². The first-order chi connectivity index (χ1) is 9.10. The maximum Gasteiger partial charge on any atom is 0.335 e. The van der Waals surface area contributed by atoms with Crippen LogP contribution in [0.15, 0.2) is 22.5 Å². The van der Waals surface area contributed by atoms with Gasteiger partial charge < -0.3 is 14.2 Å². The van der Waals surface area contributed by atoms with Crippen molar-refractivity contribution in [1.29, 1.82) is 0 Å². The van der Waals surface area contributed by atoms with Crippen molar-refractivity contribution in [2.45, 2.75) is 26.2 Å². The van der Waals surface area contributed by atoms with Gasteiger partial charge in [0.05, 0.1) is 32.0 Å². The first-order valence-corrected chi connectivity index (χ1v) is 6.32. The standard InChI is InChI=1S/C14H18O5/c1-8-7-10(13(15)17-2)11(14(16)18-3)9-5-4-6-19-12(8)9/h9H,4-7H2,1-3H3. The van der Waals surface area contributed by atoms with Crippen LogP contribution in [-0.2, 0) is 23.8 Å². The number of fused-ring (bicyclic) bond motifs is 1. The van der Waals surface area contributed by atoms with E-state index in [0.717, 1.165) is 24.2 Å². The summed E-state index contributed by atoms with van der Waals surface area (Å²) >= 11 is 0. The molecule has 0 bridgehead atoms. The summed E-state index contributed by atoms with van der Waals surface area (Å²) in [6.07, 6.45) is 2.02. The maximum atomic E-state index is 12.0. The van der Waals surface area contributed by atoms with Crippen LogP contribution in [0.5, 0.6) is 0 Å². The molecule has 0 aromatic heterocycles. The second-order valence-electron chi connectivity index (χ2n) is 4.74. The van der Waals surface area contributed by atoms with Gasteiger partial charge in [-0.25, -0.2) is 9.59 Å². The monoisotopic (exact) mass is 266 g/mol. The van der Waals surface area contributed by atoms with Gasteiger partial charge in [0.25, 0.3) is 0 Å². The summed E-state index contributed by atoms with van der Waals surface area (Å²) in [5.41, 5.74) is 1.78. The Morgan fingerprint density at radius 1 is 1.21 bits per heavy atom. The van der Waals surface area contributed by atoms with Gasteiger partial charge in [-0.05, 0) is 25.3 Å². The smallest absolute Gasteiger partial charge is 0.335 e. The lowest BCUT2D eigenvalue weighted by Gasteiger charge is -2.33. The summed E-state index contributed by atoms with van der Waals surface area (Å²) < 4.78 is 15.3. The van der Waals surface area contributed by atoms with Crippen LogP contribution in [0.2, 0.25) is 0 Å². The third-order valence-corrected chi connectivity index (χ3v) is 3.58. The summed E-state index contributed by atoms with van der Waals surface area (Å²) in [4.78, 5) is 23.9. The van der Waals surface area contributed by atoms with Crippen molar-refractivity contribution in [3.8, 4) is 0 Å². The minimum atomic E-state index is -0.471. The SMILES string of the molecule is COC(=O)C1=C(C(=O)OC)C2CCCOC2=C(C)C1. The minimum Gasteiger partial charge on any atom is -0.497 e. The Bertz CT molecular complexity index is 472. The molecule has 1 saturated heterocycles. The van der Waals surface area contributed by atoms with E-state index < -0.39 is 11.9 Å². The lowest BCUT2D eigenvalue weighted by atomic mass is 9.79. The van der Waals surface area contributed by atoms with E-state index in [1.54, 1.807) is 0 Å². The first kappa shape index (κ1) is 13.6. The Kier molecular flexibility index (Phi) is 3.93. The molecule has 5 nitrogen and oxygen atoms in total. The molecule has 2 rings (SSSR count). The molecule has 1 unspecified atom stereocenters. The van der Waals surface area contributed by atoms with Gasteiger partial charge >= 0.3 is 11.9 Å². The fourth-order valence-electron chi connectivity index (χ4n) is 2.74. The molecule has 0 radical (unpaired) electrons. The second kappa shape index (κ2) is 5.47. The van der Waals surface area contributed by atoms with Crippen LogP contribution in [0.4, 0.5) is 0 Å². The number of esters is 2. The molecule has 0 spiro atoms. The number of carbonyl (C=O) groups excluding carboxylic acids is 2. The van der Waals surface area contributed by atoms with Crippen LogP contribution in [0, 0.1) is 5.92 Å². The molecule has 0 aromatic carbocycles. The highest BCUT2D eigenvalue weighted by Gasteiger charge is 2.38. The molecule has 1 atom stereocenters. The van der Waals surface area contributed by atoms with Crippen LogP contribution in [0.3, 0.4) is 0 Å². The molecule has 0 saturated carbocycles. The summed E-state index contributed by atoms with van der Waals surface area (Å²) in [6, 6.07) is 0. The second-order valence-corrected chi connectivity index (χ2v) is 4.74. The van der Waals surface area contributed by atoms with Gasteiger partial charge in [-0.3, -0.25) is 0 Å². The predicted molar refractivity (Wildman–Crippen MR) is 67.1 cm³/mol. The van der Waals surface area contributed by atoms with Crippen LogP contribution >= 0.6 is 0 Å². The fraction of sp³-hybridized carbons (Fsp3) is 0.571. The zero-order valence-corrected chi connectivity index (χ0v) is 11.4. The molecule has 0 amide bonds. The van der Waals surface area contributed by atoms with E-state index in [1.165, 1.54) is 14.2 Å². The number of hydrogen-bond donors (Lipinski definition) is 0. The number of allylic oxidation sites excluding steroid dienone is 2. The highest BCUT2D eigenvalue weighted by molar-refractivity contribution is 6.02. The number of carbonyl (C=O) groups is 2. The Hall–Kier alpha value is -1.78. The highest BCUT2D eigenvalue weighted by Crippen LogP contribution is 2.41. The van der Waals surface area contributed by atoms with E-state index in [1.807, 2.05) is 6.92 Å². The summed E-state index contributed by atoms with van der Waals surface area (Å²) in [6.45, 7) is 2.58. The molecule has 0 aromatic rings. The van der Waals surface area contributed by atoms with E-state index in [9.17, 15) is 9.59 Å². The van der Waals surface area contributed by atoms with Crippen molar-refractivity contribution in [2.75, 3.05) is 20.8 Å². The van der Waals surface area contributed by atoms with Gasteiger partial charge in [0.2, 0.25) is 0 Å². The van der Waals surface area contributed by atoms with Gasteiger partial charge in [0, 0.05) is 12.3 Å². The Labute approximate surface area is 112 Å². The van der Waals surface area contributed by atoms with Crippen LogP contribution in [0.1, 0.15) is 26.2 Å². The van der Waals surface area contributed by atoms with Crippen LogP contribution in [0.25, 0.3) is 0 Å². The van der Waals surface area contributed by atoms with Crippen molar-refractivity contribution >= 4 is 11.9 Å². The summed E-state index contributed by atoms with van der Waals surface area (Å²) in [7, 11) is 2.63. The van der Waals surface area contributed by atoms with E-state index in [0.29, 0.717) is 24.2 Å². The topological polar surface area (TPSA) is 61.8 Å². The van der Waals surface area contributed by atoms with Crippen molar-refractivity contribution in [2.24, 2.45) is 5.92 Å². The molecule has 1 aliphatic carbocycles. The average Bonchev–Trinajstić information content (AvgIpc) is 2.45. The molecule has 1 aliphatic heterocycles. The summed E-state index contributed by atoms with van der Waals surface area (Å²) in [5.74, 6) is -0.298. The minimum absolute atomic E-state index is 0.177. The number of hydrogen-bond acceptors (Lipinski definition) is 5. The molecule has 0 N–H and O–H groups in total. The zero-order chi connectivity index (χ0) is 14.0. The van der Waals surface area contributed by atoms with Crippen molar-refractivity contribution in [3.63, 3.8) is 0 Å². The maximum absolute atomic E-state index is 12.0. The third kappa shape index (κ3) is 2.37. The molecule has 5 heteroatoms.